The van der Waals surface area contributed by atoms with Crippen LogP contribution in [0.15, 0.2) is 83.2 Å². The fraction of sp³-hybridized carbons (Fsp3) is 0.0952. The predicted octanol–water partition coefficient (Wildman–Crippen LogP) is 5.73. The highest BCUT2D eigenvalue weighted by molar-refractivity contribution is 5.74. The molecule has 0 aliphatic rings. The molecule has 4 rings (SSSR count). The third-order valence-corrected chi connectivity index (χ3v) is 4.12. The van der Waals surface area contributed by atoms with E-state index >= 15 is 0 Å². The minimum atomic E-state index is 0.714. The first-order valence-electron chi connectivity index (χ1n) is 8.34. The Balaban J connectivity index is 1.83. The second kappa shape index (κ2) is 6.80. The maximum absolute atomic E-state index is 5.18. The number of nitrogens with zero attached hydrogens (tertiary/aromatic N) is 4. The van der Waals surface area contributed by atoms with E-state index in [9.17, 15) is 0 Å². The average molecular weight is 342 g/mol. The molecule has 0 atom stereocenters. The summed E-state index contributed by atoms with van der Waals surface area (Å²) in [5.41, 5.74) is 4.56. The third-order valence-electron chi connectivity index (χ3n) is 4.12. The summed E-state index contributed by atoms with van der Waals surface area (Å²) in [5.74, 6) is 1.50. The van der Waals surface area contributed by atoms with Gasteiger partial charge in [0, 0.05) is 11.8 Å². The van der Waals surface area contributed by atoms with Crippen molar-refractivity contribution in [2.24, 2.45) is 10.2 Å². The summed E-state index contributed by atoms with van der Waals surface area (Å²) in [6.07, 6.45) is 2.02. The van der Waals surface area contributed by atoms with Crippen LogP contribution >= 0.6 is 0 Å². The van der Waals surface area contributed by atoms with Crippen LogP contribution < -0.4 is 4.74 Å². The summed E-state index contributed by atoms with van der Waals surface area (Å²) in [4.78, 5) is 4.75. The molecule has 0 aliphatic carbocycles. The van der Waals surface area contributed by atoms with E-state index in [0.29, 0.717) is 5.82 Å². The van der Waals surface area contributed by atoms with Crippen LogP contribution in [0, 0.1) is 6.92 Å². The lowest BCUT2D eigenvalue weighted by molar-refractivity contribution is 0.415. The number of ether oxygens (including phenoxy) is 1. The van der Waals surface area contributed by atoms with Gasteiger partial charge in [0.05, 0.1) is 12.8 Å². The fourth-order valence-corrected chi connectivity index (χ4v) is 2.78. The summed E-state index contributed by atoms with van der Waals surface area (Å²) >= 11 is 0. The lowest BCUT2D eigenvalue weighted by atomic mass is 10.1. The Morgan fingerprint density at radius 2 is 1.65 bits per heavy atom. The van der Waals surface area contributed by atoms with Gasteiger partial charge in [-0.3, -0.25) is 4.40 Å². The van der Waals surface area contributed by atoms with Gasteiger partial charge in [-0.25, -0.2) is 4.98 Å². The minimum Gasteiger partial charge on any atom is -0.497 e. The lowest BCUT2D eigenvalue weighted by Crippen LogP contribution is -1.85. The molecule has 4 aromatic rings. The van der Waals surface area contributed by atoms with Crippen LogP contribution in [0.25, 0.3) is 16.9 Å². The highest BCUT2D eigenvalue weighted by Gasteiger charge is 2.13. The van der Waals surface area contributed by atoms with Gasteiger partial charge in [-0.05, 0) is 42.8 Å². The second-order valence-corrected chi connectivity index (χ2v) is 5.98. The maximum Gasteiger partial charge on any atom is 0.187 e. The van der Waals surface area contributed by atoms with Crippen molar-refractivity contribution in [3.8, 4) is 17.0 Å². The zero-order valence-electron chi connectivity index (χ0n) is 14.6. The largest absolute Gasteiger partial charge is 0.497 e. The molecule has 0 unspecified atom stereocenters. The summed E-state index contributed by atoms with van der Waals surface area (Å²) in [6.45, 7) is 2.05. The van der Waals surface area contributed by atoms with Crippen LogP contribution in [0.4, 0.5) is 11.5 Å². The Labute approximate surface area is 151 Å². The van der Waals surface area contributed by atoms with E-state index in [4.69, 9.17) is 9.72 Å². The van der Waals surface area contributed by atoms with Crippen LogP contribution in [0.3, 0.4) is 0 Å². The summed E-state index contributed by atoms with van der Waals surface area (Å²) in [7, 11) is 1.64. The number of rotatable bonds is 4. The minimum absolute atomic E-state index is 0.714. The van der Waals surface area contributed by atoms with Crippen molar-refractivity contribution < 1.29 is 4.74 Å². The SMILES string of the molecule is COc1ccc(N=Nc2c(-c3ccccc3)nc3ccc(C)cn23)cc1. The fourth-order valence-electron chi connectivity index (χ4n) is 2.78. The van der Waals surface area contributed by atoms with Crippen molar-refractivity contribution >= 4 is 17.2 Å². The van der Waals surface area contributed by atoms with Gasteiger partial charge in [0.25, 0.3) is 0 Å². The first-order valence-corrected chi connectivity index (χ1v) is 8.34. The number of hydrogen-bond donors (Lipinski definition) is 0. The zero-order chi connectivity index (χ0) is 17.9. The Kier molecular flexibility index (Phi) is 4.19. The van der Waals surface area contributed by atoms with Crippen molar-refractivity contribution in [3.05, 3.63) is 78.5 Å². The van der Waals surface area contributed by atoms with Crippen LogP contribution in [-0.4, -0.2) is 16.5 Å². The topological polar surface area (TPSA) is 51.2 Å². The quantitative estimate of drug-likeness (QED) is 0.444. The van der Waals surface area contributed by atoms with Crippen LogP contribution in [0.5, 0.6) is 5.75 Å². The van der Waals surface area contributed by atoms with E-state index in [0.717, 1.165) is 33.9 Å². The number of aromatic nitrogens is 2. The first-order chi connectivity index (χ1) is 12.7. The van der Waals surface area contributed by atoms with Gasteiger partial charge < -0.3 is 4.74 Å². The molecule has 2 heterocycles. The number of benzene rings is 2. The molecule has 0 radical (unpaired) electrons. The summed E-state index contributed by atoms with van der Waals surface area (Å²) in [5, 5.41) is 8.92. The Hall–Kier alpha value is -3.47. The van der Waals surface area contributed by atoms with E-state index < -0.39 is 0 Å². The molecule has 0 saturated heterocycles. The zero-order valence-corrected chi connectivity index (χ0v) is 14.6. The molecular weight excluding hydrogens is 324 g/mol. The third kappa shape index (κ3) is 3.07. The molecule has 5 nitrogen and oxygen atoms in total. The van der Waals surface area contributed by atoms with Gasteiger partial charge in [0.1, 0.15) is 17.1 Å². The van der Waals surface area contributed by atoms with Crippen molar-refractivity contribution in [2.45, 2.75) is 6.92 Å². The van der Waals surface area contributed by atoms with E-state index in [1.165, 1.54) is 0 Å². The number of fused-ring (bicyclic) bond motifs is 1. The number of aryl methyl sites for hydroxylation is 1. The van der Waals surface area contributed by atoms with Crippen molar-refractivity contribution in [1.82, 2.24) is 9.38 Å². The molecule has 26 heavy (non-hydrogen) atoms. The van der Waals surface area contributed by atoms with Crippen LogP contribution in [0.2, 0.25) is 0 Å². The number of methoxy groups -OCH3 is 1. The molecule has 0 spiro atoms. The van der Waals surface area contributed by atoms with E-state index in [2.05, 4.69) is 10.2 Å². The molecule has 5 heteroatoms. The van der Waals surface area contributed by atoms with Gasteiger partial charge in [-0.15, -0.1) is 10.2 Å². The summed E-state index contributed by atoms with van der Waals surface area (Å²) in [6, 6.07) is 21.6. The van der Waals surface area contributed by atoms with E-state index in [1.807, 2.05) is 84.3 Å². The van der Waals surface area contributed by atoms with Crippen molar-refractivity contribution in [3.63, 3.8) is 0 Å². The molecular formula is C21H18N4O. The van der Waals surface area contributed by atoms with Gasteiger partial charge in [0.15, 0.2) is 5.82 Å². The molecule has 2 aromatic carbocycles. The number of azo groups is 1. The van der Waals surface area contributed by atoms with Crippen molar-refractivity contribution in [2.75, 3.05) is 7.11 Å². The molecule has 0 amide bonds. The molecule has 0 N–H and O–H groups in total. The van der Waals surface area contributed by atoms with Crippen molar-refractivity contribution in [1.29, 1.82) is 0 Å². The smallest absolute Gasteiger partial charge is 0.187 e. The van der Waals surface area contributed by atoms with Gasteiger partial charge in [-0.2, -0.15) is 0 Å². The molecule has 0 saturated carbocycles. The molecule has 2 aromatic heterocycles. The first kappa shape index (κ1) is 16.0. The molecule has 0 fully saturated rings. The van der Waals surface area contributed by atoms with E-state index in [1.54, 1.807) is 7.11 Å². The molecule has 0 bridgehead atoms. The predicted molar refractivity (Wildman–Crippen MR) is 103 cm³/mol. The average Bonchev–Trinajstić information content (AvgIpc) is 3.05. The van der Waals surface area contributed by atoms with Crippen LogP contribution in [-0.2, 0) is 0 Å². The summed E-state index contributed by atoms with van der Waals surface area (Å²) < 4.78 is 7.16. The highest BCUT2D eigenvalue weighted by Crippen LogP contribution is 2.32. The molecule has 128 valence electrons. The van der Waals surface area contributed by atoms with Gasteiger partial charge >= 0.3 is 0 Å². The Morgan fingerprint density at radius 3 is 2.38 bits per heavy atom. The van der Waals surface area contributed by atoms with Gasteiger partial charge in [0.2, 0.25) is 0 Å². The standard InChI is InChI=1S/C21H18N4O/c1-15-8-13-19-22-20(16-6-4-3-5-7-16)21(25(19)14-15)24-23-17-9-11-18(26-2)12-10-17/h3-14H,1-2H3. The molecule has 0 aliphatic heterocycles. The number of pyridine rings is 1. The normalized spacial score (nSPS) is 11.3. The van der Waals surface area contributed by atoms with E-state index in [-0.39, 0.29) is 0 Å². The highest BCUT2D eigenvalue weighted by atomic mass is 16.5. The lowest BCUT2D eigenvalue weighted by Gasteiger charge is -2.01. The monoisotopic (exact) mass is 342 g/mol. The van der Waals surface area contributed by atoms with Crippen LogP contribution in [0.1, 0.15) is 5.56 Å². The Morgan fingerprint density at radius 1 is 0.885 bits per heavy atom. The maximum atomic E-state index is 5.18. The number of hydrogen-bond acceptors (Lipinski definition) is 4. The Bertz CT molecular complexity index is 1070. The van der Waals surface area contributed by atoms with Gasteiger partial charge in [-0.1, -0.05) is 36.4 Å². The number of imidazole rings is 1. The second-order valence-electron chi connectivity index (χ2n) is 5.98.